The fourth-order valence-corrected chi connectivity index (χ4v) is 5.20. The summed E-state index contributed by atoms with van der Waals surface area (Å²) in [5.74, 6) is 0.483. The van der Waals surface area contributed by atoms with Crippen molar-refractivity contribution in [1.29, 1.82) is 0 Å². The largest absolute Gasteiger partial charge is 0.433 e. The van der Waals surface area contributed by atoms with Gasteiger partial charge in [-0.15, -0.1) is 11.3 Å². The quantitative estimate of drug-likeness (QED) is 0.575. The second-order valence-corrected chi connectivity index (χ2v) is 9.02. The first-order valence-corrected chi connectivity index (χ1v) is 11.2. The topological polar surface area (TPSA) is 42.7 Å². The molecule has 2 fully saturated rings. The predicted octanol–water partition coefficient (Wildman–Crippen LogP) is 5.04. The highest BCUT2D eigenvalue weighted by molar-refractivity contribution is 7.13. The Morgan fingerprint density at radius 2 is 2.10 bits per heavy atom. The van der Waals surface area contributed by atoms with E-state index < -0.39 is 11.9 Å². The molecular weight excluding hydrogens is 413 g/mol. The number of nitrogens with zero attached hydrogens (tertiary/aromatic N) is 4. The molecule has 5 nitrogen and oxygen atoms in total. The molecule has 2 atom stereocenters. The van der Waals surface area contributed by atoms with Crippen LogP contribution in [0.15, 0.2) is 29.6 Å². The van der Waals surface area contributed by atoms with Crippen LogP contribution >= 0.6 is 11.3 Å². The lowest BCUT2D eigenvalue weighted by molar-refractivity contribution is -0.142. The normalized spacial score (nSPS) is 23.4. The number of ether oxygens (including phenoxy) is 1. The minimum atomic E-state index is -4.51. The summed E-state index contributed by atoms with van der Waals surface area (Å²) >= 11 is 1.38. The molecule has 2 aliphatic rings. The number of hydrogen-bond acceptors (Lipinski definition) is 5. The Balaban J connectivity index is 1.54. The summed E-state index contributed by atoms with van der Waals surface area (Å²) in [7, 11) is 0. The molecule has 0 bridgehead atoms. The van der Waals surface area contributed by atoms with Gasteiger partial charge in [-0.1, -0.05) is 12.5 Å². The van der Waals surface area contributed by atoms with Gasteiger partial charge in [-0.2, -0.15) is 18.3 Å². The van der Waals surface area contributed by atoms with Crippen molar-refractivity contribution in [1.82, 2.24) is 19.5 Å². The van der Waals surface area contributed by atoms with Crippen LogP contribution in [0.5, 0.6) is 0 Å². The lowest BCUT2D eigenvalue weighted by Crippen LogP contribution is -2.37. The number of rotatable bonds is 4. The second-order valence-electron chi connectivity index (χ2n) is 8.08. The predicted molar refractivity (Wildman–Crippen MR) is 108 cm³/mol. The van der Waals surface area contributed by atoms with Crippen LogP contribution in [0.25, 0.3) is 16.2 Å². The van der Waals surface area contributed by atoms with Crippen molar-refractivity contribution in [2.24, 2.45) is 5.92 Å². The maximum absolute atomic E-state index is 13.8. The van der Waals surface area contributed by atoms with E-state index in [4.69, 9.17) is 4.74 Å². The van der Waals surface area contributed by atoms with Gasteiger partial charge >= 0.3 is 6.18 Å². The molecular formula is C21H23F3N4OS. The van der Waals surface area contributed by atoms with Crippen molar-refractivity contribution in [3.63, 3.8) is 0 Å². The van der Waals surface area contributed by atoms with Gasteiger partial charge in [0.25, 0.3) is 0 Å². The lowest BCUT2D eigenvalue weighted by Gasteiger charge is -2.36. The molecule has 0 saturated carbocycles. The molecule has 5 rings (SSSR count). The van der Waals surface area contributed by atoms with Gasteiger partial charge in [0.15, 0.2) is 11.3 Å². The molecule has 3 aromatic heterocycles. The van der Waals surface area contributed by atoms with Crippen molar-refractivity contribution in [2.45, 2.75) is 37.9 Å². The van der Waals surface area contributed by atoms with Crippen molar-refractivity contribution in [2.75, 3.05) is 26.3 Å². The van der Waals surface area contributed by atoms with Crippen molar-refractivity contribution < 1.29 is 17.9 Å². The van der Waals surface area contributed by atoms with Gasteiger partial charge in [-0.3, -0.25) is 4.90 Å². The molecule has 160 valence electrons. The minimum Gasteiger partial charge on any atom is -0.381 e. The zero-order chi connectivity index (χ0) is 20.7. The molecule has 0 amide bonds. The summed E-state index contributed by atoms with van der Waals surface area (Å²) < 4.78 is 48.0. The van der Waals surface area contributed by atoms with Gasteiger partial charge in [0, 0.05) is 19.2 Å². The molecule has 2 unspecified atom stereocenters. The standard InChI is InChI=1S/C21H23F3N4OS/c22-21(23,24)19-10-16(18-5-3-9-30-18)25-20-11-15(26-28(19)20)17-4-1-2-7-27(17)12-14-6-8-29-13-14/h3,5,9-11,14,17H,1-2,4,6-8,12-13H2. The fourth-order valence-electron chi connectivity index (χ4n) is 4.51. The number of likely N-dealkylation sites (tertiary alicyclic amines) is 1. The van der Waals surface area contributed by atoms with Gasteiger partial charge in [-0.05, 0) is 49.2 Å². The maximum atomic E-state index is 13.8. The van der Waals surface area contributed by atoms with E-state index in [1.54, 1.807) is 12.1 Å². The molecule has 0 N–H and O–H groups in total. The van der Waals surface area contributed by atoms with Gasteiger partial charge in [0.1, 0.15) is 0 Å². The fraction of sp³-hybridized carbons (Fsp3) is 0.524. The van der Waals surface area contributed by atoms with E-state index in [1.807, 2.05) is 11.4 Å². The van der Waals surface area contributed by atoms with E-state index in [-0.39, 0.29) is 11.7 Å². The maximum Gasteiger partial charge on any atom is 0.433 e. The second kappa shape index (κ2) is 7.94. The molecule has 2 aliphatic heterocycles. The Kier molecular flexibility index (Phi) is 5.28. The first kappa shape index (κ1) is 20.0. The average Bonchev–Trinajstić information content (AvgIpc) is 3.48. The Morgan fingerprint density at radius 1 is 1.20 bits per heavy atom. The van der Waals surface area contributed by atoms with E-state index in [0.29, 0.717) is 22.2 Å². The highest BCUT2D eigenvalue weighted by atomic mass is 32.1. The summed E-state index contributed by atoms with van der Waals surface area (Å²) in [6.45, 7) is 3.40. The molecule has 3 aromatic rings. The zero-order valence-corrected chi connectivity index (χ0v) is 17.3. The van der Waals surface area contributed by atoms with Crippen molar-refractivity contribution in [3.8, 4) is 10.6 Å². The summed E-state index contributed by atoms with van der Waals surface area (Å²) in [5, 5.41) is 6.25. The zero-order valence-electron chi connectivity index (χ0n) is 16.4. The summed E-state index contributed by atoms with van der Waals surface area (Å²) in [4.78, 5) is 7.60. The van der Waals surface area contributed by atoms with Gasteiger partial charge in [0.2, 0.25) is 0 Å². The number of fused-ring (bicyclic) bond motifs is 1. The van der Waals surface area contributed by atoms with Gasteiger partial charge in [-0.25, -0.2) is 9.50 Å². The Bertz CT molecular complexity index is 1010. The Hall–Kier alpha value is -1.97. The van der Waals surface area contributed by atoms with Crippen molar-refractivity contribution in [3.05, 3.63) is 41.0 Å². The van der Waals surface area contributed by atoms with Crippen molar-refractivity contribution >= 4 is 17.0 Å². The molecule has 9 heteroatoms. The lowest BCUT2D eigenvalue weighted by atomic mass is 9.97. The van der Waals surface area contributed by atoms with E-state index in [2.05, 4.69) is 15.0 Å². The third kappa shape index (κ3) is 3.86. The molecule has 0 aromatic carbocycles. The molecule has 0 aliphatic carbocycles. The molecule has 0 radical (unpaired) electrons. The van der Waals surface area contributed by atoms with Gasteiger partial charge < -0.3 is 4.74 Å². The highest BCUT2D eigenvalue weighted by Gasteiger charge is 2.36. The monoisotopic (exact) mass is 436 g/mol. The smallest absolute Gasteiger partial charge is 0.381 e. The number of halogens is 3. The Labute approximate surface area is 176 Å². The number of alkyl halides is 3. The van der Waals surface area contributed by atoms with Crippen LogP contribution < -0.4 is 0 Å². The summed E-state index contributed by atoms with van der Waals surface area (Å²) in [5.41, 5.74) is 0.474. The number of thiophene rings is 1. The minimum absolute atomic E-state index is 0.0207. The van der Waals surface area contributed by atoms with Crippen LogP contribution in [-0.2, 0) is 10.9 Å². The van der Waals surface area contributed by atoms with Crippen LogP contribution in [0, 0.1) is 5.92 Å². The van der Waals surface area contributed by atoms with Crippen LogP contribution in [0.2, 0.25) is 0 Å². The van der Waals surface area contributed by atoms with Crippen LogP contribution in [-0.4, -0.2) is 45.8 Å². The third-order valence-electron chi connectivity index (χ3n) is 5.98. The van der Waals surface area contributed by atoms with E-state index in [9.17, 15) is 13.2 Å². The SMILES string of the molecule is FC(F)(F)c1cc(-c2cccs2)nc2cc(C3CCCCN3CC3CCOC3)nn12. The van der Waals surface area contributed by atoms with Crippen LogP contribution in [0.1, 0.15) is 43.1 Å². The van der Waals surface area contributed by atoms with E-state index in [0.717, 1.165) is 62.6 Å². The van der Waals surface area contributed by atoms with Gasteiger partial charge in [0.05, 0.1) is 28.9 Å². The summed E-state index contributed by atoms with van der Waals surface area (Å²) in [6.07, 6.45) is -0.416. The van der Waals surface area contributed by atoms with E-state index in [1.165, 1.54) is 11.3 Å². The average molecular weight is 437 g/mol. The van der Waals surface area contributed by atoms with E-state index >= 15 is 0 Å². The first-order valence-electron chi connectivity index (χ1n) is 10.3. The van der Waals surface area contributed by atoms with Crippen LogP contribution in [0.4, 0.5) is 13.2 Å². The third-order valence-corrected chi connectivity index (χ3v) is 6.87. The highest BCUT2D eigenvalue weighted by Crippen LogP contribution is 2.36. The molecule has 5 heterocycles. The Morgan fingerprint density at radius 3 is 2.83 bits per heavy atom. The molecule has 2 saturated heterocycles. The first-order chi connectivity index (χ1) is 14.5. The molecule has 0 spiro atoms. The number of hydrogen-bond donors (Lipinski definition) is 0. The number of aromatic nitrogens is 3. The number of piperidine rings is 1. The molecule has 30 heavy (non-hydrogen) atoms. The van der Waals surface area contributed by atoms with Crippen LogP contribution in [0.3, 0.4) is 0 Å². The summed E-state index contributed by atoms with van der Waals surface area (Å²) in [6, 6.07) is 6.46.